The number of aromatic nitrogens is 2. The van der Waals surface area contributed by atoms with Gasteiger partial charge in [-0.3, -0.25) is 9.48 Å². The molecule has 0 aliphatic rings. The van der Waals surface area contributed by atoms with Gasteiger partial charge in [-0.05, 0) is 46.7 Å². The van der Waals surface area contributed by atoms with Gasteiger partial charge in [0.2, 0.25) is 0 Å². The minimum atomic E-state index is -0.0345. The van der Waals surface area contributed by atoms with Crippen LogP contribution in [0.5, 0.6) is 0 Å². The average Bonchev–Trinajstić information content (AvgIpc) is 3.43. The van der Waals surface area contributed by atoms with Gasteiger partial charge in [0.25, 0.3) is 5.91 Å². The van der Waals surface area contributed by atoms with E-state index in [1.54, 1.807) is 17.5 Å². The highest BCUT2D eigenvalue weighted by atomic mass is 32.1. The molecule has 0 spiro atoms. The molecule has 0 saturated heterocycles. The zero-order valence-corrected chi connectivity index (χ0v) is 16.2. The van der Waals surface area contributed by atoms with E-state index in [9.17, 15) is 4.79 Å². The van der Waals surface area contributed by atoms with E-state index in [1.807, 2.05) is 47.3 Å². The standard InChI is InChI=1S/C23H21N3OS/c27-23(24-14-12-20-5-3-16-28-20)22-7-2-1-6-21(22)19-10-8-18(9-11-19)17-26-15-4-13-25-26/h1-11,13,15-16H,12,14,17H2,(H,24,27). The monoisotopic (exact) mass is 387 g/mol. The zero-order chi connectivity index (χ0) is 19.2. The van der Waals surface area contributed by atoms with Gasteiger partial charge < -0.3 is 5.32 Å². The molecule has 1 amide bonds. The highest BCUT2D eigenvalue weighted by molar-refractivity contribution is 7.09. The number of benzene rings is 2. The molecule has 0 bridgehead atoms. The predicted octanol–water partition coefficient (Wildman–Crippen LogP) is 4.63. The molecule has 2 heterocycles. The summed E-state index contributed by atoms with van der Waals surface area (Å²) < 4.78 is 1.89. The van der Waals surface area contributed by atoms with E-state index >= 15 is 0 Å². The summed E-state index contributed by atoms with van der Waals surface area (Å²) in [6.45, 7) is 1.37. The van der Waals surface area contributed by atoms with Crippen molar-refractivity contribution in [2.24, 2.45) is 0 Å². The lowest BCUT2D eigenvalue weighted by Gasteiger charge is -2.11. The maximum absolute atomic E-state index is 12.7. The fourth-order valence-electron chi connectivity index (χ4n) is 3.15. The second-order valence-electron chi connectivity index (χ2n) is 6.53. The average molecular weight is 388 g/mol. The van der Waals surface area contributed by atoms with Crippen molar-refractivity contribution in [2.45, 2.75) is 13.0 Å². The Balaban J connectivity index is 1.46. The summed E-state index contributed by atoms with van der Waals surface area (Å²) in [5.41, 5.74) is 3.86. The lowest BCUT2D eigenvalue weighted by Crippen LogP contribution is -2.26. The van der Waals surface area contributed by atoms with Crippen LogP contribution >= 0.6 is 11.3 Å². The quantitative estimate of drug-likeness (QED) is 0.502. The van der Waals surface area contributed by atoms with Crippen LogP contribution in [0.15, 0.2) is 84.5 Å². The largest absolute Gasteiger partial charge is 0.352 e. The Kier molecular flexibility index (Phi) is 5.64. The van der Waals surface area contributed by atoms with E-state index in [0.29, 0.717) is 12.1 Å². The minimum absolute atomic E-state index is 0.0345. The molecular formula is C23H21N3OS. The first-order valence-corrected chi connectivity index (χ1v) is 10.1. The van der Waals surface area contributed by atoms with E-state index in [2.05, 4.69) is 46.1 Å². The summed E-state index contributed by atoms with van der Waals surface area (Å²) in [6, 6.07) is 22.1. The van der Waals surface area contributed by atoms with Crippen molar-refractivity contribution in [2.75, 3.05) is 6.54 Å². The SMILES string of the molecule is O=C(NCCc1cccs1)c1ccccc1-c1ccc(Cn2cccn2)cc1. The molecule has 4 nitrogen and oxygen atoms in total. The Morgan fingerprint density at radius 2 is 1.86 bits per heavy atom. The van der Waals surface area contributed by atoms with Gasteiger partial charge in [-0.25, -0.2) is 0 Å². The molecule has 0 radical (unpaired) electrons. The van der Waals surface area contributed by atoms with Crippen molar-refractivity contribution in [1.82, 2.24) is 15.1 Å². The number of thiophene rings is 1. The number of nitrogens with zero attached hydrogens (tertiary/aromatic N) is 2. The molecule has 4 rings (SSSR count). The van der Waals surface area contributed by atoms with Crippen LogP contribution in [0, 0.1) is 0 Å². The van der Waals surface area contributed by atoms with Gasteiger partial charge in [-0.2, -0.15) is 5.10 Å². The molecule has 0 aliphatic heterocycles. The van der Waals surface area contributed by atoms with Crippen molar-refractivity contribution in [3.05, 3.63) is 101 Å². The number of carbonyl (C=O) groups excluding carboxylic acids is 1. The first-order chi connectivity index (χ1) is 13.8. The molecule has 0 fully saturated rings. The van der Waals surface area contributed by atoms with Crippen LogP contribution in [0.25, 0.3) is 11.1 Å². The van der Waals surface area contributed by atoms with Crippen LogP contribution in [-0.4, -0.2) is 22.2 Å². The van der Waals surface area contributed by atoms with Crippen molar-refractivity contribution < 1.29 is 4.79 Å². The fourth-order valence-corrected chi connectivity index (χ4v) is 3.86. The van der Waals surface area contributed by atoms with Crippen LogP contribution in [0.3, 0.4) is 0 Å². The van der Waals surface area contributed by atoms with E-state index in [4.69, 9.17) is 0 Å². The van der Waals surface area contributed by atoms with E-state index in [0.717, 1.165) is 24.1 Å². The van der Waals surface area contributed by atoms with Gasteiger partial charge in [0.05, 0.1) is 6.54 Å². The molecule has 2 aromatic heterocycles. The smallest absolute Gasteiger partial charge is 0.251 e. The molecule has 0 unspecified atom stereocenters. The van der Waals surface area contributed by atoms with Gasteiger partial charge in [-0.15, -0.1) is 11.3 Å². The second kappa shape index (κ2) is 8.67. The lowest BCUT2D eigenvalue weighted by molar-refractivity contribution is 0.0955. The fraction of sp³-hybridized carbons (Fsp3) is 0.130. The normalized spacial score (nSPS) is 10.7. The summed E-state index contributed by atoms with van der Waals surface area (Å²) in [5.74, 6) is -0.0345. The molecule has 0 saturated carbocycles. The summed E-state index contributed by atoms with van der Waals surface area (Å²) in [6.07, 6.45) is 4.58. The number of nitrogens with one attached hydrogen (secondary N) is 1. The third kappa shape index (κ3) is 4.38. The first kappa shape index (κ1) is 18.2. The van der Waals surface area contributed by atoms with Gasteiger partial charge in [0, 0.05) is 29.4 Å². The highest BCUT2D eigenvalue weighted by Gasteiger charge is 2.12. The molecule has 0 aliphatic carbocycles. The molecule has 5 heteroatoms. The molecule has 140 valence electrons. The maximum Gasteiger partial charge on any atom is 0.251 e. The predicted molar refractivity (Wildman–Crippen MR) is 114 cm³/mol. The first-order valence-electron chi connectivity index (χ1n) is 9.26. The Morgan fingerprint density at radius 3 is 2.61 bits per heavy atom. The van der Waals surface area contributed by atoms with E-state index in [-0.39, 0.29) is 5.91 Å². The van der Waals surface area contributed by atoms with E-state index in [1.165, 1.54) is 10.4 Å². The summed E-state index contributed by atoms with van der Waals surface area (Å²) >= 11 is 1.72. The molecular weight excluding hydrogens is 366 g/mol. The van der Waals surface area contributed by atoms with Crippen molar-refractivity contribution in [1.29, 1.82) is 0 Å². The van der Waals surface area contributed by atoms with Gasteiger partial charge in [0.15, 0.2) is 0 Å². The number of rotatable bonds is 7. The van der Waals surface area contributed by atoms with Crippen molar-refractivity contribution >= 4 is 17.2 Å². The Hall–Kier alpha value is -3.18. The van der Waals surface area contributed by atoms with Gasteiger partial charge in [-0.1, -0.05) is 48.5 Å². The van der Waals surface area contributed by atoms with Gasteiger partial charge >= 0.3 is 0 Å². The lowest BCUT2D eigenvalue weighted by atomic mass is 9.98. The number of carbonyl (C=O) groups is 1. The highest BCUT2D eigenvalue weighted by Crippen LogP contribution is 2.24. The number of hydrogen-bond acceptors (Lipinski definition) is 3. The molecule has 2 aromatic carbocycles. The topological polar surface area (TPSA) is 46.9 Å². The molecule has 0 atom stereocenters. The molecule has 4 aromatic rings. The van der Waals surface area contributed by atoms with Crippen molar-refractivity contribution in [3.63, 3.8) is 0 Å². The summed E-state index contributed by atoms with van der Waals surface area (Å²) in [4.78, 5) is 14.0. The van der Waals surface area contributed by atoms with Crippen LogP contribution in [0.4, 0.5) is 0 Å². The third-order valence-corrected chi connectivity index (χ3v) is 5.51. The van der Waals surface area contributed by atoms with Crippen LogP contribution < -0.4 is 5.32 Å². The molecule has 1 N–H and O–H groups in total. The Morgan fingerprint density at radius 1 is 1.00 bits per heavy atom. The third-order valence-electron chi connectivity index (χ3n) is 4.58. The second-order valence-corrected chi connectivity index (χ2v) is 7.56. The Labute approximate surface area is 168 Å². The van der Waals surface area contributed by atoms with E-state index < -0.39 is 0 Å². The van der Waals surface area contributed by atoms with Crippen molar-refractivity contribution in [3.8, 4) is 11.1 Å². The van der Waals surface area contributed by atoms with Crippen LogP contribution in [-0.2, 0) is 13.0 Å². The summed E-state index contributed by atoms with van der Waals surface area (Å²) in [7, 11) is 0. The minimum Gasteiger partial charge on any atom is -0.352 e. The Bertz CT molecular complexity index is 1020. The number of hydrogen-bond donors (Lipinski definition) is 1. The summed E-state index contributed by atoms with van der Waals surface area (Å²) in [5, 5.41) is 9.34. The van der Waals surface area contributed by atoms with Crippen LogP contribution in [0.1, 0.15) is 20.8 Å². The maximum atomic E-state index is 12.7. The molecule has 28 heavy (non-hydrogen) atoms. The zero-order valence-electron chi connectivity index (χ0n) is 15.4. The number of amides is 1. The van der Waals surface area contributed by atoms with Gasteiger partial charge in [0.1, 0.15) is 0 Å². The van der Waals surface area contributed by atoms with Crippen LogP contribution in [0.2, 0.25) is 0 Å².